The number of likely N-dealkylation sites (tertiary alicyclic amines) is 1. The Morgan fingerprint density at radius 2 is 2.09 bits per heavy atom. The van der Waals surface area contributed by atoms with Gasteiger partial charge >= 0.3 is 11.9 Å². The third-order valence-electron chi connectivity index (χ3n) is 8.47. The van der Waals surface area contributed by atoms with E-state index in [1.807, 2.05) is 0 Å². The number of benzene rings is 1. The molecule has 0 saturated carbocycles. The fraction of sp³-hybridized carbons (Fsp3) is 0.500. The Labute approximate surface area is 269 Å². The molecule has 46 heavy (non-hydrogen) atoms. The van der Waals surface area contributed by atoms with E-state index in [-0.39, 0.29) is 44.9 Å². The summed E-state index contributed by atoms with van der Waals surface area (Å²) >= 11 is 1.31. The van der Waals surface area contributed by atoms with Crippen LogP contribution in [-0.4, -0.2) is 90.2 Å². The maximum Gasteiger partial charge on any atom is 0.338 e. The number of thiazole rings is 1. The van der Waals surface area contributed by atoms with E-state index in [0.29, 0.717) is 27.7 Å². The van der Waals surface area contributed by atoms with E-state index < -0.39 is 53.8 Å². The monoisotopic (exact) mass is 661 g/mol. The molecule has 2 saturated heterocycles. The normalized spacial score (nSPS) is 23.1. The van der Waals surface area contributed by atoms with Crippen LogP contribution in [0.5, 0.6) is 0 Å². The van der Waals surface area contributed by atoms with Crippen LogP contribution in [0.2, 0.25) is 0 Å². The lowest BCUT2D eigenvalue weighted by atomic mass is 9.89. The first-order valence-electron chi connectivity index (χ1n) is 15.1. The van der Waals surface area contributed by atoms with Crippen molar-refractivity contribution in [1.29, 1.82) is 0 Å². The molecule has 0 aliphatic carbocycles. The number of carbonyl (C=O) groups excluding carboxylic acids is 2. The van der Waals surface area contributed by atoms with E-state index in [0.717, 1.165) is 0 Å². The molecule has 3 aliphatic heterocycles. The third kappa shape index (κ3) is 6.75. The van der Waals surface area contributed by atoms with Crippen LogP contribution in [0.15, 0.2) is 58.7 Å². The van der Waals surface area contributed by atoms with Crippen LogP contribution in [0.25, 0.3) is 0 Å². The molecule has 4 heterocycles. The van der Waals surface area contributed by atoms with Crippen LogP contribution in [0, 0.1) is 18.2 Å². The number of aliphatic imine (C=N–C) groups is 1. The van der Waals surface area contributed by atoms with Crippen molar-refractivity contribution in [1.82, 2.24) is 20.3 Å². The van der Waals surface area contributed by atoms with Crippen molar-refractivity contribution in [2.24, 2.45) is 10.4 Å². The second kappa shape index (κ2) is 13.6. The van der Waals surface area contributed by atoms with Gasteiger partial charge in [0, 0.05) is 30.4 Å². The Balaban J connectivity index is 1.45. The second-order valence-electron chi connectivity index (χ2n) is 12.0. The summed E-state index contributed by atoms with van der Waals surface area (Å²) in [5, 5.41) is 6.74. The van der Waals surface area contributed by atoms with Gasteiger partial charge in [0.15, 0.2) is 10.8 Å². The average molecular weight is 662 g/mol. The molecule has 248 valence electrons. The second-order valence-corrected chi connectivity index (χ2v) is 12.9. The molecular formula is C32H38F3N5O5S. The molecule has 5 rings (SSSR count). The quantitative estimate of drug-likeness (QED) is 0.259. The molecule has 0 amide bonds. The van der Waals surface area contributed by atoms with E-state index in [2.05, 4.69) is 16.9 Å². The Kier molecular flexibility index (Phi) is 10.0. The highest BCUT2D eigenvalue weighted by Crippen LogP contribution is 2.42. The number of rotatable bonds is 12. The largest absolute Gasteiger partial charge is 0.463 e. The number of hydrogen-bond acceptors (Lipinski definition) is 11. The van der Waals surface area contributed by atoms with Crippen molar-refractivity contribution < 1.29 is 37.1 Å². The van der Waals surface area contributed by atoms with Gasteiger partial charge in [-0.2, -0.15) is 5.06 Å². The lowest BCUT2D eigenvalue weighted by molar-refractivity contribution is -0.186. The smallest absolute Gasteiger partial charge is 0.338 e. The summed E-state index contributed by atoms with van der Waals surface area (Å²) < 4.78 is 56.9. The maximum atomic E-state index is 15.7. The van der Waals surface area contributed by atoms with Gasteiger partial charge in [-0.15, -0.1) is 11.3 Å². The predicted molar refractivity (Wildman–Crippen MR) is 166 cm³/mol. The van der Waals surface area contributed by atoms with E-state index in [9.17, 15) is 14.0 Å². The zero-order valence-electron chi connectivity index (χ0n) is 26.2. The van der Waals surface area contributed by atoms with Gasteiger partial charge in [0.05, 0.1) is 36.8 Å². The summed E-state index contributed by atoms with van der Waals surface area (Å²) in [5.41, 5.74) is 0.248. The van der Waals surface area contributed by atoms with Gasteiger partial charge in [-0.25, -0.2) is 22.9 Å². The molecule has 3 aliphatic rings. The van der Waals surface area contributed by atoms with Crippen LogP contribution in [0.3, 0.4) is 0 Å². The minimum atomic E-state index is -3.17. The number of hydrogen-bond donors (Lipinski definition) is 1. The Morgan fingerprint density at radius 1 is 1.30 bits per heavy atom. The minimum absolute atomic E-state index is 0.0104. The molecule has 1 aromatic carbocycles. The fourth-order valence-electron chi connectivity index (χ4n) is 5.98. The van der Waals surface area contributed by atoms with Crippen LogP contribution in [-0.2, 0) is 23.9 Å². The van der Waals surface area contributed by atoms with Crippen molar-refractivity contribution in [3.05, 3.63) is 75.7 Å². The molecule has 0 radical (unpaired) electrons. The summed E-state index contributed by atoms with van der Waals surface area (Å²) in [6, 6.07) is 1.58. The first-order chi connectivity index (χ1) is 21.9. The van der Waals surface area contributed by atoms with Gasteiger partial charge in [0.1, 0.15) is 24.5 Å². The molecular weight excluding hydrogens is 623 g/mol. The SMILES string of the molecule is C=CCOC(=O)C(C)(C)CCN1OCC2C1C(F)(F)CN2CC1=C(C(=O)OCC)[C@H](c2cccc(F)c2C)N=C(c2nccs2)N1. The van der Waals surface area contributed by atoms with Gasteiger partial charge in [-0.05, 0) is 51.3 Å². The summed E-state index contributed by atoms with van der Waals surface area (Å²) in [7, 11) is 0. The zero-order valence-corrected chi connectivity index (χ0v) is 27.0. The Bertz CT molecular complexity index is 1530. The number of esters is 2. The fourth-order valence-corrected chi connectivity index (χ4v) is 6.57. The van der Waals surface area contributed by atoms with Gasteiger partial charge in [0.25, 0.3) is 5.92 Å². The molecule has 3 atom stereocenters. The van der Waals surface area contributed by atoms with Crippen molar-refractivity contribution in [3.8, 4) is 0 Å². The highest BCUT2D eigenvalue weighted by molar-refractivity contribution is 7.11. The number of carbonyl (C=O) groups is 2. The summed E-state index contributed by atoms with van der Waals surface area (Å²) in [6.45, 7) is 9.72. The summed E-state index contributed by atoms with van der Waals surface area (Å²) in [6.07, 6.45) is 3.30. The molecule has 10 nitrogen and oxygen atoms in total. The minimum Gasteiger partial charge on any atom is -0.463 e. The van der Waals surface area contributed by atoms with Gasteiger partial charge in [-0.3, -0.25) is 19.5 Å². The summed E-state index contributed by atoms with van der Waals surface area (Å²) in [4.78, 5) is 42.5. The van der Waals surface area contributed by atoms with Crippen LogP contribution >= 0.6 is 11.3 Å². The molecule has 14 heteroatoms. The highest BCUT2D eigenvalue weighted by Gasteiger charge is 2.61. The van der Waals surface area contributed by atoms with Crippen LogP contribution in [0.1, 0.15) is 49.4 Å². The molecule has 1 aromatic heterocycles. The highest BCUT2D eigenvalue weighted by atomic mass is 32.1. The molecule has 1 N–H and O–H groups in total. The van der Waals surface area contributed by atoms with Crippen molar-refractivity contribution in [2.45, 2.75) is 58.2 Å². The number of nitrogens with one attached hydrogen (secondary N) is 1. The van der Waals surface area contributed by atoms with Crippen LogP contribution < -0.4 is 5.32 Å². The maximum absolute atomic E-state index is 15.7. The number of amidine groups is 1. The molecule has 2 aromatic rings. The van der Waals surface area contributed by atoms with Gasteiger partial charge < -0.3 is 14.8 Å². The number of fused-ring (bicyclic) bond motifs is 1. The van der Waals surface area contributed by atoms with Crippen LogP contribution in [0.4, 0.5) is 13.2 Å². The third-order valence-corrected chi connectivity index (χ3v) is 9.25. The van der Waals surface area contributed by atoms with E-state index in [4.69, 9.17) is 19.3 Å². The van der Waals surface area contributed by atoms with Crippen molar-refractivity contribution in [2.75, 3.05) is 39.5 Å². The number of nitrogens with zero attached hydrogens (tertiary/aromatic N) is 4. The lowest BCUT2D eigenvalue weighted by Gasteiger charge is -2.31. The van der Waals surface area contributed by atoms with Gasteiger partial charge in [-0.1, -0.05) is 24.8 Å². The standard InChI is InChI=1S/C32H38F3N5O5S/c1-6-14-44-30(42)31(4,5)11-13-40-26-23(17-45-40)39(18-32(26,34)35)16-22-24(29(41)43-7-2)25(20-9-8-10-21(33)19(20)3)38-27(37-22)28-36-12-15-46-28/h6,8-10,12,15,23,25-26H,1,7,11,13-14,16-18H2,2-5H3,(H,37,38)/t23?,25-,26?/m0/s1. The molecule has 0 spiro atoms. The van der Waals surface area contributed by atoms with Crippen molar-refractivity contribution >= 4 is 29.1 Å². The topological polar surface area (TPSA) is 106 Å². The number of aromatic nitrogens is 1. The first-order valence-corrected chi connectivity index (χ1v) is 15.9. The number of alkyl halides is 2. The van der Waals surface area contributed by atoms with E-state index in [1.54, 1.807) is 50.2 Å². The number of hydroxylamine groups is 2. The van der Waals surface area contributed by atoms with Gasteiger partial charge in [0.2, 0.25) is 0 Å². The average Bonchev–Trinajstić information content (AvgIpc) is 3.75. The first kappa shape index (κ1) is 33.8. The predicted octanol–water partition coefficient (Wildman–Crippen LogP) is 4.58. The molecule has 2 fully saturated rings. The number of halogens is 3. The summed E-state index contributed by atoms with van der Waals surface area (Å²) in [5.74, 6) is -4.43. The Hall–Kier alpha value is -3.59. The lowest BCUT2D eigenvalue weighted by Crippen LogP contribution is -2.46. The zero-order chi connectivity index (χ0) is 33.2. The number of ether oxygens (including phenoxy) is 2. The van der Waals surface area contributed by atoms with E-state index >= 15 is 8.78 Å². The Morgan fingerprint density at radius 3 is 2.78 bits per heavy atom. The molecule has 2 unspecified atom stereocenters. The van der Waals surface area contributed by atoms with Crippen molar-refractivity contribution in [3.63, 3.8) is 0 Å². The van der Waals surface area contributed by atoms with E-state index in [1.165, 1.54) is 34.6 Å². The molecule has 0 bridgehead atoms.